The standard InChI is InChI=1S/C13H17Cl2NO2/c1-8(2)12(17)7-16-13(18)5-9-3-4-10(14)6-11(9)15/h3-4,6,8,12,17H,5,7H2,1-2H3,(H,16,18). The summed E-state index contributed by atoms with van der Waals surface area (Å²) >= 11 is 11.7. The molecule has 1 amide bonds. The van der Waals surface area contributed by atoms with Crippen molar-refractivity contribution >= 4 is 29.1 Å². The summed E-state index contributed by atoms with van der Waals surface area (Å²) in [6.45, 7) is 4.04. The van der Waals surface area contributed by atoms with Gasteiger partial charge in [0.1, 0.15) is 0 Å². The molecule has 0 radical (unpaired) electrons. The number of aliphatic hydroxyl groups is 1. The van der Waals surface area contributed by atoms with Gasteiger partial charge in [0.25, 0.3) is 0 Å². The lowest BCUT2D eigenvalue weighted by Crippen LogP contribution is -2.35. The second-order valence-corrected chi connectivity index (χ2v) is 5.37. The number of amides is 1. The molecule has 0 saturated heterocycles. The molecule has 1 unspecified atom stereocenters. The average molecular weight is 290 g/mol. The third kappa shape index (κ3) is 4.84. The van der Waals surface area contributed by atoms with Gasteiger partial charge >= 0.3 is 0 Å². The van der Waals surface area contributed by atoms with Gasteiger partial charge in [0.2, 0.25) is 5.91 Å². The first-order valence-electron chi connectivity index (χ1n) is 5.79. The van der Waals surface area contributed by atoms with Gasteiger partial charge in [-0.2, -0.15) is 0 Å². The van der Waals surface area contributed by atoms with Crippen LogP contribution < -0.4 is 5.32 Å². The van der Waals surface area contributed by atoms with Gasteiger partial charge in [0, 0.05) is 16.6 Å². The van der Waals surface area contributed by atoms with Crippen molar-refractivity contribution in [3.63, 3.8) is 0 Å². The zero-order valence-electron chi connectivity index (χ0n) is 10.4. The minimum absolute atomic E-state index is 0.115. The molecular formula is C13H17Cl2NO2. The molecule has 0 aromatic heterocycles. The summed E-state index contributed by atoms with van der Waals surface area (Å²) < 4.78 is 0. The summed E-state index contributed by atoms with van der Waals surface area (Å²) in [5, 5.41) is 13.3. The van der Waals surface area contributed by atoms with Crippen LogP contribution in [0.1, 0.15) is 19.4 Å². The molecule has 0 spiro atoms. The Morgan fingerprint density at radius 2 is 2.06 bits per heavy atom. The predicted molar refractivity (Wildman–Crippen MR) is 74.0 cm³/mol. The molecule has 1 aromatic carbocycles. The van der Waals surface area contributed by atoms with Crippen LogP contribution in [0.2, 0.25) is 10.0 Å². The van der Waals surface area contributed by atoms with Gasteiger partial charge < -0.3 is 10.4 Å². The molecule has 5 heteroatoms. The number of aliphatic hydroxyl groups excluding tert-OH is 1. The number of nitrogens with one attached hydrogen (secondary N) is 1. The van der Waals surface area contributed by atoms with Gasteiger partial charge in [-0.25, -0.2) is 0 Å². The monoisotopic (exact) mass is 289 g/mol. The zero-order chi connectivity index (χ0) is 13.7. The van der Waals surface area contributed by atoms with E-state index < -0.39 is 6.10 Å². The van der Waals surface area contributed by atoms with E-state index in [1.54, 1.807) is 18.2 Å². The van der Waals surface area contributed by atoms with E-state index in [9.17, 15) is 9.90 Å². The molecule has 0 fully saturated rings. The van der Waals surface area contributed by atoms with Crippen molar-refractivity contribution in [1.29, 1.82) is 0 Å². The Morgan fingerprint density at radius 3 is 2.61 bits per heavy atom. The smallest absolute Gasteiger partial charge is 0.224 e. The quantitative estimate of drug-likeness (QED) is 0.876. The number of benzene rings is 1. The number of halogens is 2. The largest absolute Gasteiger partial charge is 0.391 e. The molecule has 1 aromatic rings. The van der Waals surface area contributed by atoms with Crippen LogP contribution in [-0.4, -0.2) is 23.7 Å². The fraction of sp³-hybridized carbons (Fsp3) is 0.462. The van der Waals surface area contributed by atoms with Crippen molar-refractivity contribution in [3.05, 3.63) is 33.8 Å². The molecule has 1 rings (SSSR count). The lowest BCUT2D eigenvalue weighted by atomic mass is 10.1. The Labute approximate surface area is 117 Å². The fourth-order valence-corrected chi connectivity index (χ4v) is 1.83. The maximum atomic E-state index is 11.7. The van der Waals surface area contributed by atoms with E-state index in [4.69, 9.17) is 23.2 Å². The van der Waals surface area contributed by atoms with Crippen LogP contribution in [0.15, 0.2) is 18.2 Å². The van der Waals surface area contributed by atoms with E-state index in [1.165, 1.54) is 0 Å². The maximum Gasteiger partial charge on any atom is 0.224 e. The first kappa shape index (κ1) is 15.3. The summed E-state index contributed by atoms with van der Waals surface area (Å²) in [4.78, 5) is 11.7. The summed E-state index contributed by atoms with van der Waals surface area (Å²) in [6.07, 6.45) is -0.351. The van der Waals surface area contributed by atoms with Crippen LogP contribution in [-0.2, 0) is 11.2 Å². The molecule has 100 valence electrons. The van der Waals surface area contributed by atoms with Crippen LogP contribution in [0, 0.1) is 5.92 Å². The molecule has 2 N–H and O–H groups in total. The highest BCUT2D eigenvalue weighted by atomic mass is 35.5. The van der Waals surface area contributed by atoms with E-state index in [-0.39, 0.29) is 24.8 Å². The lowest BCUT2D eigenvalue weighted by Gasteiger charge is -2.15. The summed E-state index contributed by atoms with van der Waals surface area (Å²) in [5.74, 6) is -0.0525. The second-order valence-electron chi connectivity index (χ2n) is 4.53. The van der Waals surface area contributed by atoms with Gasteiger partial charge in [-0.15, -0.1) is 0 Å². The number of hydrogen-bond acceptors (Lipinski definition) is 2. The Balaban J connectivity index is 2.50. The minimum Gasteiger partial charge on any atom is -0.391 e. The molecule has 0 heterocycles. The van der Waals surface area contributed by atoms with Crippen molar-refractivity contribution in [2.75, 3.05) is 6.54 Å². The number of hydrogen-bond donors (Lipinski definition) is 2. The number of rotatable bonds is 5. The predicted octanol–water partition coefficient (Wildman–Crippen LogP) is 2.67. The van der Waals surface area contributed by atoms with Crippen molar-refractivity contribution in [2.45, 2.75) is 26.4 Å². The minimum atomic E-state index is -0.533. The van der Waals surface area contributed by atoms with E-state index in [2.05, 4.69) is 5.32 Å². The zero-order valence-corrected chi connectivity index (χ0v) is 11.9. The van der Waals surface area contributed by atoms with Crippen LogP contribution in [0.25, 0.3) is 0 Å². The van der Waals surface area contributed by atoms with E-state index in [1.807, 2.05) is 13.8 Å². The molecule has 18 heavy (non-hydrogen) atoms. The van der Waals surface area contributed by atoms with Crippen LogP contribution in [0.4, 0.5) is 0 Å². The topological polar surface area (TPSA) is 49.3 Å². The van der Waals surface area contributed by atoms with Crippen LogP contribution in [0.5, 0.6) is 0 Å². The first-order valence-corrected chi connectivity index (χ1v) is 6.54. The van der Waals surface area contributed by atoms with E-state index >= 15 is 0 Å². The second kappa shape index (κ2) is 6.98. The average Bonchev–Trinajstić information content (AvgIpc) is 2.29. The van der Waals surface area contributed by atoms with Gasteiger partial charge in [0.05, 0.1) is 12.5 Å². The summed E-state index contributed by atoms with van der Waals surface area (Å²) in [5.41, 5.74) is 0.720. The van der Waals surface area contributed by atoms with Gasteiger partial charge in [-0.1, -0.05) is 43.1 Å². The molecule has 0 aliphatic heterocycles. The van der Waals surface area contributed by atoms with Crippen molar-refractivity contribution in [2.24, 2.45) is 5.92 Å². The molecule has 0 aliphatic carbocycles. The SMILES string of the molecule is CC(C)C(O)CNC(=O)Cc1ccc(Cl)cc1Cl. The maximum absolute atomic E-state index is 11.7. The third-order valence-electron chi connectivity index (χ3n) is 2.64. The molecular weight excluding hydrogens is 273 g/mol. The number of carbonyl (C=O) groups is 1. The highest BCUT2D eigenvalue weighted by Crippen LogP contribution is 2.21. The van der Waals surface area contributed by atoms with Gasteiger partial charge in [-0.3, -0.25) is 4.79 Å². The lowest BCUT2D eigenvalue weighted by molar-refractivity contribution is -0.121. The molecule has 3 nitrogen and oxygen atoms in total. The molecule has 0 bridgehead atoms. The van der Waals surface area contributed by atoms with Crippen LogP contribution in [0.3, 0.4) is 0 Å². The van der Waals surface area contributed by atoms with Gasteiger partial charge in [0.15, 0.2) is 0 Å². The van der Waals surface area contributed by atoms with E-state index in [0.29, 0.717) is 10.0 Å². The van der Waals surface area contributed by atoms with Crippen molar-refractivity contribution < 1.29 is 9.90 Å². The van der Waals surface area contributed by atoms with Crippen LogP contribution >= 0.6 is 23.2 Å². The fourth-order valence-electron chi connectivity index (χ4n) is 1.35. The van der Waals surface area contributed by atoms with Crippen molar-refractivity contribution in [1.82, 2.24) is 5.32 Å². The Bertz CT molecular complexity index is 421. The van der Waals surface area contributed by atoms with Gasteiger partial charge in [-0.05, 0) is 23.6 Å². The van der Waals surface area contributed by atoms with E-state index in [0.717, 1.165) is 5.56 Å². The Hall–Kier alpha value is -0.770. The molecule has 0 aliphatic rings. The normalized spacial score (nSPS) is 12.6. The molecule has 1 atom stereocenters. The first-order chi connectivity index (χ1) is 8.40. The third-order valence-corrected chi connectivity index (χ3v) is 3.23. The highest BCUT2D eigenvalue weighted by molar-refractivity contribution is 6.35. The van der Waals surface area contributed by atoms with Crippen molar-refractivity contribution in [3.8, 4) is 0 Å². The summed E-state index contributed by atoms with van der Waals surface area (Å²) in [7, 11) is 0. The number of carbonyl (C=O) groups excluding carboxylic acids is 1. The summed E-state index contributed by atoms with van der Waals surface area (Å²) in [6, 6.07) is 5.02. The highest BCUT2D eigenvalue weighted by Gasteiger charge is 2.12. The Morgan fingerprint density at radius 1 is 1.39 bits per heavy atom. The Kier molecular flexibility index (Phi) is 5.93. The molecule has 0 saturated carbocycles.